The lowest BCUT2D eigenvalue weighted by Crippen LogP contribution is -2.34. The molecule has 1 atom stereocenters. The number of halogens is 1. The van der Waals surface area contributed by atoms with Gasteiger partial charge in [0.1, 0.15) is 0 Å². The Kier molecular flexibility index (Phi) is 5.91. The molecule has 16 heavy (non-hydrogen) atoms. The molecule has 0 fully saturated rings. The molecule has 0 saturated carbocycles. The van der Waals surface area contributed by atoms with E-state index in [1.165, 1.54) is 0 Å². The average molecular weight is 302 g/mol. The summed E-state index contributed by atoms with van der Waals surface area (Å²) in [6.07, 6.45) is 0. The van der Waals surface area contributed by atoms with Crippen LogP contribution in [0, 0.1) is 0 Å². The topological polar surface area (TPSA) is 29.1 Å². The maximum absolute atomic E-state index is 11.8. The molecule has 1 aromatic rings. The number of thioether (sulfide) groups is 1. The summed E-state index contributed by atoms with van der Waals surface area (Å²) in [4.78, 5) is 11.8. The van der Waals surface area contributed by atoms with Crippen molar-refractivity contribution in [2.45, 2.75) is 19.9 Å². The molecule has 0 radical (unpaired) electrons. The fraction of sp³-hybridized carbons (Fsp3) is 0.417. The van der Waals surface area contributed by atoms with E-state index >= 15 is 0 Å². The van der Waals surface area contributed by atoms with Crippen LogP contribution in [-0.4, -0.2) is 23.5 Å². The molecule has 4 heteroatoms. The maximum Gasteiger partial charge on any atom is 0.251 e. The molecule has 0 aliphatic heterocycles. The molecule has 0 bridgehead atoms. The maximum atomic E-state index is 11.8. The normalized spacial score (nSPS) is 12.2. The largest absolute Gasteiger partial charge is 0.349 e. The van der Waals surface area contributed by atoms with Gasteiger partial charge in [0, 0.05) is 21.8 Å². The van der Waals surface area contributed by atoms with Crippen molar-refractivity contribution >= 4 is 33.6 Å². The summed E-state index contributed by atoms with van der Waals surface area (Å²) in [6.45, 7) is 4.15. The van der Waals surface area contributed by atoms with Crippen LogP contribution in [-0.2, 0) is 0 Å². The quantitative estimate of drug-likeness (QED) is 0.904. The van der Waals surface area contributed by atoms with Crippen molar-refractivity contribution in [3.8, 4) is 0 Å². The van der Waals surface area contributed by atoms with Gasteiger partial charge in [0.25, 0.3) is 5.91 Å². The molecule has 0 aliphatic carbocycles. The third-order valence-electron chi connectivity index (χ3n) is 2.06. The summed E-state index contributed by atoms with van der Waals surface area (Å²) in [5.74, 6) is 2.04. The molecule has 2 nitrogen and oxygen atoms in total. The highest BCUT2D eigenvalue weighted by atomic mass is 79.9. The summed E-state index contributed by atoms with van der Waals surface area (Å²) in [6, 6.07) is 7.60. The van der Waals surface area contributed by atoms with Gasteiger partial charge in [0.05, 0.1) is 0 Å². The minimum atomic E-state index is -0.00305. The van der Waals surface area contributed by atoms with E-state index in [2.05, 4.69) is 28.2 Å². The third-order valence-corrected chi connectivity index (χ3v) is 3.73. The highest BCUT2D eigenvalue weighted by molar-refractivity contribution is 9.10. The van der Waals surface area contributed by atoms with Crippen molar-refractivity contribution in [1.29, 1.82) is 0 Å². The molecule has 1 aromatic carbocycles. The van der Waals surface area contributed by atoms with Gasteiger partial charge in [-0.15, -0.1) is 0 Å². The first-order valence-electron chi connectivity index (χ1n) is 5.27. The Hall–Kier alpha value is -0.480. The van der Waals surface area contributed by atoms with Gasteiger partial charge < -0.3 is 5.32 Å². The monoisotopic (exact) mass is 301 g/mol. The molecule has 88 valence electrons. The zero-order valence-electron chi connectivity index (χ0n) is 9.50. The number of carbonyl (C=O) groups is 1. The van der Waals surface area contributed by atoms with Gasteiger partial charge in [0.15, 0.2) is 0 Å². The Labute approximate surface area is 109 Å². The zero-order valence-corrected chi connectivity index (χ0v) is 11.9. The average Bonchev–Trinajstić information content (AvgIpc) is 2.27. The van der Waals surface area contributed by atoms with E-state index in [0.29, 0.717) is 5.56 Å². The van der Waals surface area contributed by atoms with Gasteiger partial charge in [-0.3, -0.25) is 4.79 Å². The van der Waals surface area contributed by atoms with E-state index in [4.69, 9.17) is 0 Å². The Balaban J connectivity index is 2.48. The number of rotatable bonds is 5. The molecular formula is C12H16BrNOS. The molecule has 0 aliphatic rings. The summed E-state index contributed by atoms with van der Waals surface area (Å²) in [7, 11) is 0. The number of hydrogen-bond donors (Lipinski definition) is 1. The van der Waals surface area contributed by atoms with Crippen LogP contribution in [0.25, 0.3) is 0 Å². The minimum absolute atomic E-state index is 0.00305. The smallest absolute Gasteiger partial charge is 0.251 e. The van der Waals surface area contributed by atoms with Crippen LogP contribution in [0.1, 0.15) is 24.2 Å². The molecule has 0 saturated heterocycles. The van der Waals surface area contributed by atoms with Crippen molar-refractivity contribution in [2.75, 3.05) is 11.5 Å². The molecule has 0 aromatic heterocycles. The molecule has 0 spiro atoms. The van der Waals surface area contributed by atoms with Gasteiger partial charge in [-0.2, -0.15) is 11.8 Å². The van der Waals surface area contributed by atoms with Gasteiger partial charge in [-0.1, -0.05) is 22.9 Å². The lowest BCUT2D eigenvalue weighted by Gasteiger charge is -2.13. The van der Waals surface area contributed by atoms with Crippen molar-refractivity contribution in [2.24, 2.45) is 0 Å². The molecule has 1 N–H and O–H groups in total. The van der Waals surface area contributed by atoms with E-state index in [-0.39, 0.29) is 11.9 Å². The van der Waals surface area contributed by atoms with Crippen molar-refractivity contribution in [1.82, 2.24) is 5.32 Å². The van der Waals surface area contributed by atoms with Crippen molar-refractivity contribution in [3.63, 3.8) is 0 Å². The van der Waals surface area contributed by atoms with E-state index < -0.39 is 0 Å². The minimum Gasteiger partial charge on any atom is -0.349 e. The predicted molar refractivity (Wildman–Crippen MR) is 74.1 cm³/mol. The van der Waals surface area contributed by atoms with E-state index in [0.717, 1.165) is 16.0 Å². The van der Waals surface area contributed by atoms with Gasteiger partial charge in [-0.25, -0.2) is 0 Å². The second-order valence-corrected chi connectivity index (χ2v) is 5.78. The summed E-state index contributed by atoms with van der Waals surface area (Å²) >= 11 is 5.18. The Morgan fingerprint density at radius 1 is 1.44 bits per heavy atom. The lowest BCUT2D eigenvalue weighted by atomic mass is 10.2. The second kappa shape index (κ2) is 6.97. The van der Waals surface area contributed by atoms with Crippen LogP contribution < -0.4 is 5.32 Å². The second-order valence-electron chi connectivity index (χ2n) is 3.54. The summed E-state index contributed by atoms with van der Waals surface area (Å²) < 4.78 is 0.985. The third kappa shape index (κ3) is 4.58. The highest BCUT2D eigenvalue weighted by Gasteiger charge is 2.08. The molecular weight excluding hydrogens is 286 g/mol. The first kappa shape index (κ1) is 13.6. The Bertz CT molecular complexity index is 339. The van der Waals surface area contributed by atoms with Crippen LogP contribution in [0.3, 0.4) is 0 Å². The fourth-order valence-corrected chi connectivity index (χ4v) is 2.18. The standard InChI is InChI=1S/C12H16BrNOS/c1-3-16-8-9(2)14-12(15)10-4-6-11(13)7-5-10/h4-7,9H,3,8H2,1-2H3,(H,14,15). The van der Waals surface area contributed by atoms with E-state index in [1.807, 2.05) is 43.0 Å². The lowest BCUT2D eigenvalue weighted by molar-refractivity contribution is 0.0944. The Morgan fingerprint density at radius 3 is 2.62 bits per heavy atom. The molecule has 1 amide bonds. The number of hydrogen-bond acceptors (Lipinski definition) is 2. The van der Waals surface area contributed by atoms with Crippen LogP contribution in [0.2, 0.25) is 0 Å². The first-order valence-corrected chi connectivity index (χ1v) is 7.22. The zero-order chi connectivity index (χ0) is 12.0. The highest BCUT2D eigenvalue weighted by Crippen LogP contribution is 2.10. The summed E-state index contributed by atoms with van der Waals surface area (Å²) in [5, 5.41) is 2.98. The van der Waals surface area contributed by atoms with Gasteiger partial charge in [0.2, 0.25) is 0 Å². The first-order chi connectivity index (χ1) is 7.63. The van der Waals surface area contributed by atoms with Crippen LogP contribution in [0.5, 0.6) is 0 Å². The van der Waals surface area contributed by atoms with Gasteiger partial charge in [-0.05, 0) is 36.9 Å². The van der Waals surface area contributed by atoms with E-state index in [9.17, 15) is 4.79 Å². The Morgan fingerprint density at radius 2 is 2.06 bits per heavy atom. The number of amides is 1. The number of nitrogens with one attached hydrogen (secondary N) is 1. The van der Waals surface area contributed by atoms with Crippen LogP contribution >= 0.6 is 27.7 Å². The van der Waals surface area contributed by atoms with Gasteiger partial charge >= 0.3 is 0 Å². The van der Waals surface area contributed by atoms with E-state index in [1.54, 1.807) is 0 Å². The van der Waals surface area contributed by atoms with Crippen LogP contribution in [0.4, 0.5) is 0 Å². The number of benzene rings is 1. The molecule has 1 rings (SSSR count). The van der Waals surface area contributed by atoms with Crippen LogP contribution in [0.15, 0.2) is 28.7 Å². The molecule has 1 unspecified atom stereocenters. The summed E-state index contributed by atoms with van der Waals surface area (Å²) in [5.41, 5.74) is 0.705. The van der Waals surface area contributed by atoms with Crippen molar-refractivity contribution < 1.29 is 4.79 Å². The SMILES string of the molecule is CCSCC(C)NC(=O)c1ccc(Br)cc1. The number of carbonyl (C=O) groups excluding carboxylic acids is 1. The molecule has 0 heterocycles. The van der Waals surface area contributed by atoms with Crippen molar-refractivity contribution in [3.05, 3.63) is 34.3 Å². The predicted octanol–water partition coefficient (Wildman–Crippen LogP) is 3.32. The fourth-order valence-electron chi connectivity index (χ4n) is 1.24.